The third-order valence-corrected chi connectivity index (χ3v) is 24.7. The Morgan fingerprint density at radius 2 is 0.540 bits per heavy atom. The summed E-state index contributed by atoms with van der Waals surface area (Å²) < 4.78 is 47.6. The number of aliphatic hydroxyl groups excluding tert-OH is 6. The van der Waals surface area contributed by atoms with Gasteiger partial charge in [0.1, 0.15) is 140 Å². The molecule has 0 saturated heterocycles. The second-order valence-electron chi connectivity index (χ2n) is 31.9. The summed E-state index contributed by atoms with van der Waals surface area (Å²) in [5.74, 6) is -39.3. The van der Waals surface area contributed by atoms with Gasteiger partial charge in [0.25, 0.3) is 0 Å². The van der Waals surface area contributed by atoms with Crippen LogP contribution in [0.25, 0.3) is 0 Å². The third kappa shape index (κ3) is 11.9. The molecule has 648 valence electrons. The Morgan fingerprint density at radius 1 is 0.230 bits per heavy atom. The van der Waals surface area contributed by atoms with Crippen LogP contribution in [-0.2, 0) is 12.2 Å². The van der Waals surface area contributed by atoms with E-state index in [1.54, 1.807) is 0 Å². The van der Waals surface area contributed by atoms with Gasteiger partial charge in [0.05, 0.1) is 35.7 Å². The van der Waals surface area contributed by atoms with E-state index in [9.17, 15) is 148 Å². The van der Waals surface area contributed by atoms with Crippen LogP contribution >= 0.6 is 0 Å². The summed E-state index contributed by atoms with van der Waals surface area (Å²) in [6.07, 6.45) is -24.1. The lowest BCUT2D eigenvalue weighted by Crippen LogP contribution is -2.58. The van der Waals surface area contributed by atoms with Crippen molar-refractivity contribution < 1.29 is 181 Å². The van der Waals surface area contributed by atoms with Gasteiger partial charge < -0.3 is 181 Å². The lowest BCUT2D eigenvalue weighted by atomic mass is 9.68. The molecule has 0 fully saturated rings. The Hall–Kier alpha value is -15.6. The number of hydrogen-bond acceptors (Lipinski definition) is 36. The van der Waals surface area contributed by atoms with Crippen molar-refractivity contribution in [3.8, 4) is 172 Å². The van der Waals surface area contributed by atoms with Crippen LogP contribution in [0, 0.1) is 0 Å². The molecule has 7 aliphatic heterocycles. The largest absolute Gasteiger partial charge is 0.508 e. The van der Waals surface area contributed by atoms with Gasteiger partial charge >= 0.3 is 5.79 Å². The highest BCUT2D eigenvalue weighted by atomic mass is 16.7. The first-order chi connectivity index (χ1) is 59.9. The molecule has 29 N–H and O–H groups in total. The van der Waals surface area contributed by atoms with E-state index in [1.165, 1.54) is 12.1 Å². The number of hydrogen-bond donors (Lipinski definition) is 29. The summed E-state index contributed by atoms with van der Waals surface area (Å²) in [6.45, 7) is 0. The van der Waals surface area contributed by atoms with E-state index in [0.717, 1.165) is 127 Å². The van der Waals surface area contributed by atoms with Gasteiger partial charge in [-0.1, -0.05) is 30.3 Å². The first-order valence-corrected chi connectivity index (χ1v) is 38.6. The predicted molar refractivity (Wildman–Crippen MR) is 424 cm³/mol. The van der Waals surface area contributed by atoms with Crippen LogP contribution in [0.4, 0.5) is 0 Å². The van der Waals surface area contributed by atoms with E-state index in [2.05, 4.69) is 0 Å². The Morgan fingerprint density at radius 3 is 0.944 bits per heavy atom. The molecule has 7 heterocycles. The first-order valence-electron chi connectivity index (χ1n) is 38.6. The maximum absolute atomic E-state index is 14.8. The van der Waals surface area contributed by atoms with Crippen molar-refractivity contribution in [1.82, 2.24) is 0 Å². The predicted octanol–water partition coefficient (Wildman–Crippen LogP) is 8.59. The molecule has 0 aliphatic carbocycles. The molecule has 17 atom stereocenters. The zero-order valence-electron chi connectivity index (χ0n) is 64.2. The van der Waals surface area contributed by atoms with Crippen LogP contribution < -0.4 is 33.2 Å². The minimum atomic E-state index is -3.03. The monoisotopic (exact) mass is 1730 g/mol. The van der Waals surface area contributed by atoms with Gasteiger partial charge in [-0.3, -0.25) is 0 Å². The molecule has 7 aliphatic rings. The second kappa shape index (κ2) is 28.5. The van der Waals surface area contributed by atoms with Crippen LogP contribution in [0.2, 0.25) is 0 Å². The van der Waals surface area contributed by atoms with Gasteiger partial charge in [0.15, 0.2) is 93.4 Å². The average Bonchev–Trinajstić information content (AvgIpc) is 0.674. The van der Waals surface area contributed by atoms with E-state index >= 15 is 0 Å². The van der Waals surface area contributed by atoms with Crippen molar-refractivity contribution in [2.45, 2.75) is 109 Å². The normalized spacial score (nSPS) is 25.1. The van der Waals surface area contributed by atoms with Crippen LogP contribution in [0.5, 0.6) is 172 Å². The number of phenols is 23. The minimum Gasteiger partial charge on any atom is -0.508 e. The molecule has 2 bridgehead atoms. The molecule has 0 spiro atoms. The molecule has 19 rings (SSSR count). The van der Waals surface area contributed by atoms with Crippen LogP contribution in [0.3, 0.4) is 0 Å². The molecule has 36 heteroatoms. The summed E-state index contributed by atoms with van der Waals surface area (Å²) in [6, 6.07) is 23.8. The number of aliphatic hydroxyl groups is 6. The first kappa shape index (κ1) is 80.1. The molecule has 12 aromatic rings. The molecule has 12 aromatic carbocycles. The fraction of sp³-hybridized carbons (Fsp3) is 0.200. The summed E-state index contributed by atoms with van der Waals surface area (Å²) in [5, 5.41) is 352. The molecule has 0 amide bonds. The number of phenolic OH excluding ortho intramolecular Hbond substituents is 23. The van der Waals surface area contributed by atoms with Gasteiger partial charge in [-0.2, -0.15) is 0 Å². The second-order valence-corrected chi connectivity index (χ2v) is 31.9. The number of rotatable bonds is 10. The molecule has 126 heavy (non-hydrogen) atoms. The number of benzene rings is 12. The third-order valence-electron chi connectivity index (χ3n) is 24.7. The van der Waals surface area contributed by atoms with E-state index in [0.29, 0.717) is 12.1 Å². The van der Waals surface area contributed by atoms with E-state index in [1.807, 2.05) is 0 Å². The van der Waals surface area contributed by atoms with Gasteiger partial charge in [-0.25, -0.2) is 0 Å². The maximum atomic E-state index is 14.8. The molecular weight excluding hydrogens is 1660 g/mol. The maximum Gasteiger partial charge on any atom is 0.305 e. The SMILES string of the molecule is Oc1cc(O)c2c(c1)O[C@]1(c3ccc(O)c(O)c3)Oc3c(c4c(c(O)c3[C@H]3c5c(O)cc(O)c([C@H]6c7c(O)cc(O)c([C@H]8c9c(O)cc(O)cc9O[C@H](c9ccc(O)c(O)c9)[C@@H]8O)c7O[C@H](c7ccc(O)c(O)c7)[C@@H]6O)c5O[C@H](c5ccc(O)c(O)c5)[C@@H]3O)[C@H](c3c(O)cc(O)c5c3O[C@H](c3ccc(O)c(O)c3)[C@H](O)C5)[C@@H](O)[C@@H](c3ccc(O)c(O)c3)O4)C2[C@@H]1O. The van der Waals surface area contributed by atoms with Crippen molar-refractivity contribution in [2.75, 3.05) is 0 Å². The number of fused-ring (bicyclic) bond motifs is 12. The highest BCUT2D eigenvalue weighted by Gasteiger charge is 2.64. The fourth-order valence-electron chi connectivity index (χ4n) is 19.0. The molecule has 0 saturated carbocycles. The fourth-order valence-corrected chi connectivity index (χ4v) is 19.0. The lowest BCUT2D eigenvalue weighted by Gasteiger charge is -2.52. The van der Waals surface area contributed by atoms with Gasteiger partial charge in [0.2, 0.25) is 0 Å². The number of ether oxygens (including phenoxy) is 7. The van der Waals surface area contributed by atoms with Crippen molar-refractivity contribution in [3.05, 3.63) is 246 Å². The average molecular weight is 1730 g/mol. The summed E-state index contributed by atoms with van der Waals surface area (Å²) in [7, 11) is 0. The minimum absolute atomic E-state index is 0.0641. The zero-order valence-corrected chi connectivity index (χ0v) is 64.2. The van der Waals surface area contributed by atoms with Crippen LogP contribution in [-0.4, -0.2) is 185 Å². The molecular formula is C90H72O36. The van der Waals surface area contributed by atoms with E-state index < -0.39 is 343 Å². The van der Waals surface area contributed by atoms with Crippen molar-refractivity contribution >= 4 is 0 Å². The summed E-state index contributed by atoms with van der Waals surface area (Å²) in [4.78, 5) is 0. The van der Waals surface area contributed by atoms with Gasteiger partial charge in [0, 0.05) is 116 Å². The standard InChI is InChI=1S/C90H72O36/c91-33-19-49(106)59-57(21-33)120-80(28-2-8-37(94)44(101)14-28)75(115)66(59)62-52(109)25-53(110)63-67(76(116)81(122-85(62)63)29-3-9-38(95)45(102)15-29)64-54(111)26-55(112)65-69(78(118)82(123-86(64)65)30-4-10-39(96)46(103)16-30)72-74(114)71-68(61-51(108)24-42(99)35-23-56(113)79(121-84(35)61)27-1-7-36(93)43(100)13-27)77(117)83(31-5-11-40(97)47(104)17-31)124-87(71)73-70-60-50(107)20-34(92)22-58(60)125-90(89(70)119,126-88(72)73)32-6-12-41(98)48(105)18-32/h1-22,24-26,56,66-70,75-83,89,91-119H,23H2/t56-,66-,67-,68+,69-,70?,75-,76-,77-,78-,79-,80-,81-,82-,83-,89+,90-/m1/s1. The molecule has 0 aromatic heterocycles. The van der Waals surface area contributed by atoms with Gasteiger partial charge in [-0.05, 0) is 107 Å². The van der Waals surface area contributed by atoms with Crippen molar-refractivity contribution in [2.24, 2.45) is 0 Å². The number of aromatic hydroxyl groups is 23. The quantitative estimate of drug-likeness (QED) is 0.0570. The Labute approximate surface area is 705 Å². The summed E-state index contributed by atoms with van der Waals surface area (Å²) >= 11 is 0. The van der Waals surface area contributed by atoms with Crippen molar-refractivity contribution in [3.63, 3.8) is 0 Å². The highest BCUT2D eigenvalue weighted by molar-refractivity contribution is 5.79. The molecule has 0 radical (unpaired) electrons. The zero-order chi connectivity index (χ0) is 89.2. The smallest absolute Gasteiger partial charge is 0.305 e. The Balaban J connectivity index is 0.943. The van der Waals surface area contributed by atoms with Crippen LogP contribution in [0.15, 0.2) is 152 Å². The topological polar surface area (TPSA) is 651 Å². The van der Waals surface area contributed by atoms with E-state index in [4.69, 9.17) is 33.2 Å². The Kier molecular flexibility index (Phi) is 18.1. The van der Waals surface area contributed by atoms with E-state index in [-0.39, 0.29) is 33.4 Å². The lowest BCUT2D eigenvalue weighted by molar-refractivity contribution is -0.219. The molecule has 1 unspecified atom stereocenters. The van der Waals surface area contributed by atoms with Crippen molar-refractivity contribution in [1.29, 1.82) is 0 Å². The Bertz CT molecular complexity index is 6630. The van der Waals surface area contributed by atoms with Crippen LogP contribution in [0.1, 0.15) is 155 Å². The highest BCUT2D eigenvalue weighted by Crippen LogP contribution is 2.72. The van der Waals surface area contributed by atoms with Gasteiger partial charge in [-0.15, -0.1) is 0 Å². The summed E-state index contributed by atoms with van der Waals surface area (Å²) in [5.41, 5.74) is -9.01. The molecule has 36 nitrogen and oxygen atoms in total.